The molecule has 0 saturated carbocycles. The predicted octanol–water partition coefficient (Wildman–Crippen LogP) is 2.75. The highest BCUT2D eigenvalue weighted by molar-refractivity contribution is 5.17. The summed E-state index contributed by atoms with van der Waals surface area (Å²) in [5.41, 5.74) is 0.400. The van der Waals surface area contributed by atoms with E-state index >= 15 is 0 Å². The largest absolute Gasteiger partial charge is 0.389 e. The lowest BCUT2D eigenvalue weighted by atomic mass is 9.92. The zero-order chi connectivity index (χ0) is 13.8. The third-order valence-corrected chi connectivity index (χ3v) is 3.51. The first-order valence-corrected chi connectivity index (χ1v) is 6.51. The molecule has 18 heavy (non-hydrogen) atoms. The molecule has 0 fully saturated rings. The Hall–Kier alpha value is -0.930. The summed E-state index contributed by atoms with van der Waals surface area (Å²) in [5.74, 6) is 0.00474. The molecule has 2 N–H and O–H groups in total. The van der Waals surface area contributed by atoms with E-state index in [1.165, 1.54) is 12.1 Å². The maximum absolute atomic E-state index is 12.8. The fraction of sp³-hybridized carbons (Fsp3) is 0.600. The van der Waals surface area contributed by atoms with E-state index in [1.54, 1.807) is 12.1 Å². The summed E-state index contributed by atoms with van der Waals surface area (Å²) < 4.78 is 12.8. The smallest absolute Gasteiger partial charge is 0.123 e. The van der Waals surface area contributed by atoms with E-state index in [9.17, 15) is 9.50 Å². The maximum atomic E-state index is 12.8. The lowest BCUT2D eigenvalue weighted by molar-refractivity contribution is 0.0122. The molecule has 0 bridgehead atoms. The zero-order valence-electron chi connectivity index (χ0n) is 11.7. The van der Waals surface area contributed by atoms with Crippen LogP contribution in [0.3, 0.4) is 0 Å². The summed E-state index contributed by atoms with van der Waals surface area (Å²) in [6.45, 7) is 8.49. The SMILES string of the molecule is CC(Cc1ccc(F)cc1)NCC(C)(O)C(C)C. The molecule has 0 aliphatic rings. The lowest BCUT2D eigenvalue weighted by Crippen LogP contribution is -2.45. The van der Waals surface area contributed by atoms with E-state index in [2.05, 4.69) is 12.2 Å². The van der Waals surface area contributed by atoms with Crippen molar-refractivity contribution in [3.63, 3.8) is 0 Å². The minimum atomic E-state index is -0.697. The first-order valence-electron chi connectivity index (χ1n) is 6.51. The fourth-order valence-electron chi connectivity index (χ4n) is 1.63. The van der Waals surface area contributed by atoms with Crippen molar-refractivity contribution in [2.24, 2.45) is 5.92 Å². The second-order valence-corrected chi connectivity index (χ2v) is 5.62. The first-order chi connectivity index (χ1) is 8.31. The minimum absolute atomic E-state index is 0.206. The molecule has 0 aliphatic heterocycles. The molecule has 1 aromatic carbocycles. The summed E-state index contributed by atoms with van der Waals surface area (Å²) in [5, 5.41) is 13.5. The van der Waals surface area contributed by atoms with E-state index in [0.717, 1.165) is 12.0 Å². The average Bonchev–Trinajstić information content (AvgIpc) is 2.29. The number of hydrogen-bond acceptors (Lipinski definition) is 2. The third-order valence-electron chi connectivity index (χ3n) is 3.51. The monoisotopic (exact) mass is 253 g/mol. The molecule has 2 nitrogen and oxygen atoms in total. The second-order valence-electron chi connectivity index (χ2n) is 5.62. The predicted molar refractivity (Wildman–Crippen MR) is 73.0 cm³/mol. The minimum Gasteiger partial charge on any atom is -0.389 e. The average molecular weight is 253 g/mol. The number of halogens is 1. The van der Waals surface area contributed by atoms with E-state index < -0.39 is 5.60 Å². The molecule has 0 aliphatic carbocycles. The number of rotatable bonds is 6. The lowest BCUT2D eigenvalue weighted by Gasteiger charge is -2.29. The van der Waals surface area contributed by atoms with Crippen LogP contribution in [0.2, 0.25) is 0 Å². The molecule has 102 valence electrons. The Morgan fingerprint density at radius 1 is 1.22 bits per heavy atom. The van der Waals surface area contributed by atoms with Crippen molar-refractivity contribution >= 4 is 0 Å². The van der Waals surface area contributed by atoms with Crippen LogP contribution in [-0.4, -0.2) is 23.3 Å². The number of hydrogen-bond donors (Lipinski definition) is 2. The normalized spacial score (nSPS) is 16.6. The Balaban J connectivity index is 2.42. The number of benzene rings is 1. The molecule has 0 radical (unpaired) electrons. The number of aliphatic hydroxyl groups is 1. The van der Waals surface area contributed by atoms with Crippen LogP contribution in [0, 0.1) is 11.7 Å². The Morgan fingerprint density at radius 3 is 2.28 bits per heavy atom. The van der Waals surface area contributed by atoms with Gasteiger partial charge in [-0.25, -0.2) is 4.39 Å². The molecular weight excluding hydrogens is 229 g/mol. The molecular formula is C15H24FNO. The van der Waals surface area contributed by atoms with Crippen molar-refractivity contribution in [2.75, 3.05) is 6.54 Å². The highest BCUT2D eigenvalue weighted by Crippen LogP contribution is 2.15. The van der Waals surface area contributed by atoms with Crippen LogP contribution in [0.25, 0.3) is 0 Å². The Kier molecular flexibility index (Phi) is 5.29. The van der Waals surface area contributed by atoms with Gasteiger partial charge in [-0.2, -0.15) is 0 Å². The molecule has 0 saturated heterocycles. The van der Waals surface area contributed by atoms with Crippen LogP contribution in [-0.2, 0) is 6.42 Å². The van der Waals surface area contributed by atoms with Crippen LogP contribution in [0.1, 0.15) is 33.3 Å². The molecule has 1 rings (SSSR count). The van der Waals surface area contributed by atoms with Crippen molar-refractivity contribution in [1.29, 1.82) is 0 Å². The Morgan fingerprint density at radius 2 is 1.78 bits per heavy atom. The zero-order valence-corrected chi connectivity index (χ0v) is 11.7. The van der Waals surface area contributed by atoms with Crippen LogP contribution in [0.15, 0.2) is 24.3 Å². The van der Waals surface area contributed by atoms with Gasteiger partial charge in [-0.1, -0.05) is 26.0 Å². The highest BCUT2D eigenvalue weighted by Gasteiger charge is 2.24. The van der Waals surface area contributed by atoms with E-state index in [1.807, 2.05) is 20.8 Å². The van der Waals surface area contributed by atoms with Gasteiger partial charge in [0.2, 0.25) is 0 Å². The summed E-state index contributed by atoms with van der Waals surface area (Å²) >= 11 is 0. The molecule has 0 spiro atoms. The second kappa shape index (κ2) is 6.30. The van der Waals surface area contributed by atoms with Gasteiger partial charge in [0.05, 0.1) is 5.60 Å². The first kappa shape index (κ1) is 15.1. The van der Waals surface area contributed by atoms with Gasteiger partial charge < -0.3 is 10.4 Å². The van der Waals surface area contributed by atoms with Crippen molar-refractivity contribution in [3.05, 3.63) is 35.6 Å². The summed E-state index contributed by atoms with van der Waals surface area (Å²) in [6, 6.07) is 6.81. The molecule has 2 unspecified atom stereocenters. The van der Waals surface area contributed by atoms with Crippen molar-refractivity contribution in [3.8, 4) is 0 Å². The molecule has 1 aromatic rings. The van der Waals surface area contributed by atoms with Crippen LogP contribution >= 0.6 is 0 Å². The highest BCUT2D eigenvalue weighted by atomic mass is 19.1. The van der Waals surface area contributed by atoms with Crippen molar-refractivity contribution < 1.29 is 9.50 Å². The van der Waals surface area contributed by atoms with Gasteiger partial charge in [-0.05, 0) is 43.9 Å². The molecule has 3 heteroatoms. The quantitative estimate of drug-likeness (QED) is 0.817. The number of nitrogens with one attached hydrogen (secondary N) is 1. The van der Waals surface area contributed by atoms with Crippen LogP contribution in [0.5, 0.6) is 0 Å². The Bertz CT molecular complexity index is 359. The van der Waals surface area contributed by atoms with Gasteiger partial charge in [0.25, 0.3) is 0 Å². The molecule has 0 amide bonds. The molecule has 0 heterocycles. The van der Waals surface area contributed by atoms with E-state index in [4.69, 9.17) is 0 Å². The van der Waals surface area contributed by atoms with Gasteiger partial charge in [0.15, 0.2) is 0 Å². The maximum Gasteiger partial charge on any atom is 0.123 e. The summed E-state index contributed by atoms with van der Waals surface area (Å²) in [6.07, 6.45) is 0.828. The molecule has 2 atom stereocenters. The summed E-state index contributed by atoms with van der Waals surface area (Å²) in [7, 11) is 0. The van der Waals surface area contributed by atoms with Gasteiger partial charge in [0, 0.05) is 12.6 Å². The standard InChI is InChI=1S/C15H24FNO/c1-11(2)15(4,18)10-17-12(3)9-13-5-7-14(16)8-6-13/h5-8,11-12,17-18H,9-10H2,1-4H3. The molecule has 0 aromatic heterocycles. The van der Waals surface area contributed by atoms with Crippen LogP contribution < -0.4 is 5.32 Å². The fourth-order valence-corrected chi connectivity index (χ4v) is 1.63. The summed E-state index contributed by atoms with van der Waals surface area (Å²) in [4.78, 5) is 0. The van der Waals surface area contributed by atoms with Gasteiger partial charge in [-0.3, -0.25) is 0 Å². The third kappa shape index (κ3) is 4.75. The van der Waals surface area contributed by atoms with E-state index in [0.29, 0.717) is 6.54 Å². The van der Waals surface area contributed by atoms with Crippen molar-refractivity contribution in [1.82, 2.24) is 5.32 Å². The van der Waals surface area contributed by atoms with Crippen LogP contribution in [0.4, 0.5) is 4.39 Å². The van der Waals surface area contributed by atoms with Crippen molar-refractivity contribution in [2.45, 2.75) is 45.8 Å². The van der Waals surface area contributed by atoms with Gasteiger partial charge in [0.1, 0.15) is 5.82 Å². The Labute approximate surface area is 109 Å². The van der Waals surface area contributed by atoms with Gasteiger partial charge in [-0.15, -0.1) is 0 Å². The van der Waals surface area contributed by atoms with Gasteiger partial charge >= 0.3 is 0 Å². The van der Waals surface area contributed by atoms with E-state index in [-0.39, 0.29) is 17.8 Å². The topological polar surface area (TPSA) is 32.3 Å².